The number of halogens is 6. The fourth-order valence-electron chi connectivity index (χ4n) is 5.97. The maximum Gasteiger partial charge on any atom is 0.271 e. The highest BCUT2D eigenvalue weighted by Crippen LogP contribution is 2.41. The molecule has 2 amide bonds. The number of ether oxygens (including phenoxy) is 1. The van der Waals surface area contributed by atoms with Crippen LogP contribution in [0.25, 0.3) is 5.78 Å². The van der Waals surface area contributed by atoms with Gasteiger partial charge in [-0.25, -0.2) is 40.8 Å². The second-order valence-electron chi connectivity index (χ2n) is 12.1. The number of oxime groups is 1. The van der Waals surface area contributed by atoms with Crippen molar-refractivity contribution in [2.75, 3.05) is 19.7 Å². The summed E-state index contributed by atoms with van der Waals surface area (Å²) in [5, 5.41) is 10.7. The molecule has 4 aliphatic rings. The van der Waals surface area contributed by atoms with E-state index in [4.69, 9.17) is 9.68 Å². The van der Waals surface area contributed by atoms with Gasteiger partial charge in [0.25, 0.3) is 23.5 Å². The number of amides is 2. The maximum atomic E-state index is 13.6. The van der Waals surface area contributed by atoms with E-state index in [1.165, 1.54) is 21.8 Å². The first-order valence-corrected chi connectivity index (χ1v) is 15.2. The van der Waals surface area contributed by atoms with Gasteiger partial charge in [0.05, 0.1) is 36.4 Å². The highest BCUT2D eigenvalue weighted by molar-refractivity contribution is 6.40. The van der Waals surface area contributed by atoms with Crippen LogP contribution in [0.5, 0.6) is 0 Å². The molecule has 2 aromatic rings. The Balaban J connectivity index is 0.000000193. The molecule has 0 spiro atoms. The Morgan fingerprint density at radius 3 is 2.28 bits per heavy atom. The Kier molecular flexibility index (Phi) is 10.3. The lowest BCUT2D eigenvalue weighted by atomic mass is 9.81. The van der Waals surface area contributed by atoms with Gasteiger partial charge in [-0.3, -0.25) is 14.5 Å². The van der Waals surface area contributed by atoms with Crippen LogP contribution in [-0.2, 0) is 19.3 Å². The number of imidazole rings is 1. The number of aromatic nitrogens is 4. The first kappa shape index (κ1) is 33.8. The average Bonchev–Trinajstić information content (AvgIpc) is 3.66. The van der Waals surface area contributed by atoms with E-state index in [0.717, 1.165) is 0 Å². The van der Waals surface area contributed by atoms with Gasteiger partial charge in [0, 0.05) is 38.3 Å². The number of nitrogens with zero attached hydrogens (tertiary/aromatic N) is 6. The van der Waals surface area contributed by atoms with E-state index in [9.17, 15) is 35.9 Å². The number of hydrogen-bond donors (Lipinski definition) is 2. The Hall–Kier alpha value is -3.54. The highest BCUT2D eigenvalue weighted by atomic mass is 19.3. The molecule has 3 atom stereocenters. The lowest BCUT2D eigenvalue weighted by Gasteiger charge is -2.36. The number of hydroxylamine groups is 1. The summed E-state index contributed by atoms with van der Waals surface area (Å²) in [6, 6.07) is -0.918. The van der Waals surface area contributed by atoms with Crippen molar-refractivity contribution in [2.24, 2.45) is 17.0 Å². The Morgan fingerprint density at radius 2 is 1.70 bits per heavy atom. The zero-order valence-corrected chi connectivity index (χ0v) is 25.1. The van der Waals surface area contributed by atoms with Crippen molar-refractivity contribution in [3.8, 4) is 0 Å². The van der Waals surface area contributed by atoms with Gasteiger partial charge >= 0.3 is 0 Å². The molecular formula is C28H36F6N8O4. The Bertz CT molecular complexity index is 1350. The van der Waals surface area contributed by atoms with Gasteiger partial charge in [-0.15, -0.1) is 5.48 Å². The van der Waals surface area contributed by atoms with Crippen molar-refractivity contribution in [1.82, 2.24) is 35.3 Å². The second-order valence-corrected chi connectivity index (χ2v) is 12.1. The SMILES string of the molecule is CC1NON=C1C(=O)NC(c1cn2nccnc2n1)C1CCC(F)(F)CC1.O=C(C1CCC(F)(F)CO1)N1CCC(C(F)F)CC1. The standard InChI is InChI=1S/C16H19F2N7O2.C12H17F4NO2/c1-9-12(24-27-23-9)14(26)22-13(10-2-4-16(17,18)5-3-10)11-8-25-15(21-11)19-6-7-20-25;13-10(14)8-2-5-17(6-3-8)11(18)9-1-4-12(15,16)7-19-9/h6-10,13,23H,2-5H2,1H3,(H,22,26);8-10H,1-7H2. The quantitative estimate of drug-likeness (QED) is 0.448. The van der Waals surface area contributed by atoms with Crippen LogP contribution in [-0.4, -0.2) is 92.1 Å². The number of hydrogen-bond acceptors (Lipinski definition) is 9. The third-order valence-corrected chi connectivity index (χ3v) is 8.74. The van der Waals surface area contributed by atoms with E-state index in [1.807, 2.05) is 0 Å². The van der Waals surface area contributed by atoms with E-state index in [1.54, 1.807) is 13.1 Å². The first-order chi connectivity index (χ1) is 21.8. The van der Waals surface area contributed by atoms with Crippen molar-refractivity contribution < 1.29 is 45.6 Å². The van der Waals surface area contributed by atoms with Gasteiger partial charge in [0.15, 0.2) is 5.71 Å². The summed E-state index contributed by atoms with van der Waals surface area (Å²) in [5.74, 6) is -6.75. The molecule has 2 saturated heterocycles. The van der Waals surface area contributed by atoms with Crippen LogP contribution < -0.4 is 10.8 Å². The fourth-order valence-corrected chi connectivity index (χ4v) is 5.97. The molecule has 1 saturated carbocycles. The number of carbonyl (C=O) groups excluding carboxylic acids is 2. The average molecular weight is 663 g/mol. The van der Waals surface area contributed by atoms with E-state index in [0.29, 0.717) is 11.5 Å². The second kappa shape index (κ2) is 14.1. The van der Waals surface area contributed by atoms with Gasteiger partial charge in [-0.05, 0) is 44.9 Å². The van der Waals surface area contributed by atoms with Crippen molar-refractivity contribution in [3.63, 3.8) is 0 Å². The summed E-state index contributed by atoms with van der Waals surface area (Å²) >= 11 is 0. The molecule has 2 aromatic heterocycles. The zero-order chi connectivity index (χ0) is 33.1. The first-order valence-electron chi connectivity index (χ1n) is 15.2. The Morgan fingerprint density at radius 1 is 1.00 bits per heavy atom. The van der Waals surface area contributed by atoms with Gasteiger partial charge < -0.3 is 15.0 Å². The molecule has 5 heterocycles. The van der Waals surface area contributed by atoms with Crippen LogP contribution in [0.3, 0.4) is 0 Å². The lowest BCUT2D eigenvalue weighted by Crippen LogP contribution is -2.48. The molecule has 18 heteroatoms. The number of alkyl halides is 6. The van der Waals surface area contributed by atoms with Crippen LogP contribution in [0.2, 0.25) is 0 Å². The summed E-state index contributed by atoms with van der Waals surface area (Å²) in [7, 11) is 0. The predicted molar refractivity (Wildman–Crippen MR) is 149 cm³/mol. The minimum absolute atomic E-state index is 0.0133. The number of rotatable bonds is 6. The van der Waals surface area contributed by atoms with Crippen molar-refractivity contribution in [1.29, 1.82) is 0 Å². The number of likely N-dealkylation sites (tertiary alicyclic amines) is 1. The van der Waals surface area contributed by atoms with Gasteiger partial charge in [0.1, 0.15) is 12.7 Å². The largest absolute Gasteiger partial charge is 0.362 e. The van der Waals surface area contributed by atoms with Crippen molar-refractivity contribution in [3.05, 3.63) is 24.3 Å². The van der Waals surface area contributed by atoms with Crippen molar-refractivity contribution >= 4 is 23.3 Å². The number of fused-ring (bicyclic) bond motifs is 1. The molecule has 3 fully saturated rings. The van der Waals surface area contributed by atoms with Crippen LogP contribution in [0, 0.1) is 11.8 Å². The van der Waals surface area contributed by atoms with Gasteiger partial charge in [-0.2, -0.15) is 5.10 Å². The summed E-state index contributed by atoms with van der Waals surface area (Å²) in [4.78, 5) is 39.4. The summed E-state index contributed by atoms with van der Waals surface area (Å²) in [6.07, 6.45) is 1.76. The number of piperidine rings is 1. The van der Waals surface area contributed by atoms with E-state index in [-0.39, 0.29) is 88.0 Å². The smallest absolute Gasteiger partial charge is 0.271 e. The topological polar surface area (TPSA) is 135 Å². The number of carbonyl (C=O) groups is 2. The molecule has 46 heavy (non-hydrogen) atoms. The predicted octanol–water partition coefficient (Wildman–Crippen LogP) is 3.69. The highest BCUT2D eigenvalue weighted by Gasteiger charge is 2.42. The third kappa shape index (κ3) is 8.24. The molecule has 1 aliphatic carbocycles. The summed E-state index contributed by atoms with van der Waals surface area (Å²) in [6.45, 7) is 1.51. The third-order valence-electron chi connectivity index (χ3n) is 8.74. The van der Waals surface area contributed by atoms with Crippen LogP contribution in [0.15, 0.2) is 23.7 Å². The fraction of sp³-hybridized carbons (Fsp3) is 0.714. The molecule has 6 rings (SSSR count). The molecule has 0 bridgehead atoms. The lowest BCUT2D eigenvalue weighted by molar-refractivity contribution is -0.171. The van der Waals surface area contributed by atoms with E-state index < -0.39 is 48.8 Å². The minimum atomic E-state index is -2.86. The number of nitrogens with one attached hydrogen (secondary N) is 2. The van der Waals surface area contributed by atoms with Crippen molar-refractivity contribution in [2.45, 2.75) is 94.7 Å². The molecule has 0 aromatic carbocycles. The molecule has 0 radical (unpaired) electrons. The molecule has 12 nitrogen and oxygen atoms in total. The summed E-state index contributed by atoms with van der Waals surface area (Å²) in [5.41, 5.74) is 3.30. The maximum absolute atomic E-state index is 13.6. The zero-order valence-electron chi connectivity index (χ0n) is 25.1. The van der Waals surface area contributed by atoms with E-state index >= 15 is 0 Å². The molecule has 3 unspecified atom stereocenters. The summed E-state index contributed by atoms with van der Waals surface area (Å²) < 4.78 is 84.3. The Labute approximate surface area is 260 Å². The molecule has 254 valence electrons. The van der Waals surface area contributed by atoms with Crippen LogP contribution >= 0.6 is 0 Å². The normalized spacial score (nSPS) is 25.7. The van der Waals surface area contributed by atoms with Gasteiger partial charge in [0.2, 0.25) is 12.3 Å². The molecule has 3 aliphatic heterocycles. The molecule has 2 N–H and O–H groups in total. The van der Waals surface area contributed by atoms with Gasteiger partial charge in [-0.1, -0.05) is 5.16 Å². The van der Waals surface area contributed by atoms with E-state index in [2.05, 4.69) is 31.0 Å². The molecular weight excluding hydrogens is 626 g/mol. The van der Waals surface area contributed by atoms with Crippen LogP contribution in [0.4, 0.5) is 26.3 Å². The minimum Gasteiger partial charge on any atom is -0.362 e. The monoisotopic (exact) mass is 662 g/mol. The van der Waals surface area contributed by atoms with Crippen LogP contribution in [0.1, 0.15) is 70.0 Å².